The number of aromatic amines is 1. The lowest BCUT2D eigenvalue weighted by Crippen LogP contribution is -2.04. The van der Waals surface area contributed by atoms with E-state index in [-0.39, 0.29) is 17.1 Å². The van der Waals surface area contributed by atoms with Gasteiger partial charge in [0, 0.05) is 0 Å². The number of para-hydroxylation sites is 1. The van der Waals surface area contributed by atoms with Crippen LogP contribution >= 0.6 is 0 Å². The van der Waals surface area contributed by atoms with Crippen molar-refractivity contribution in [2.45, 2.75) is 0 Å². The number of aromatic nitrogens is 4. The number of rotatable bonds is 1. The molecule has 2 aromatic heterocycles. The summed E-state index contributed by atoms with van der Waals surface area (Å²) in [6, 6.07) is 6.66. The summed E-state index contributed by atoms with van der Waals surface area (Å²) in [5.41, 5.74) is -0.498. The van der Waals surface area contributed by atoms with Gasteiger partial charge in [0.15, 0.2) is 5.56 Å². The van der Waals surface area contributed by atoms with Crippen molar-refractivity contribution < 1.29 is 9.52 Å². The molecule has 7 nitrogen and oxygen atoms in total. The van der Waals surface area contributed by atoms with Gasteiger partial charge in [-0.25, -0.2) is 4.79 Å². The second-order valence-electron chi connectivity index (χ2n) is 3.34. The van der Waals surface area contributed by atoms with Crippen LogP contribution in [0.25, 0.3) is 22.4 Å². The van der Waals surface area contributed by atoms with Crippen LogP contribution in [-0.2, 0) is 0 Å². The maximum atomic E-state index is 11.7. The van der Waals surface area contributed by atoms with E-state index in [0.29, 0.717) is 11.0 Å². The van der Waals surface area contributed by atoms with E-state index in [9.17, 15) is 9.90 Å². The van der Waals surface area contributed by atoms with Gasteiger partial charge in [-0.1, -0.05) is 12.1 Å². The molecule has 1 aromatic carbocycles. The molecule has 0 aliphatic heterocycles. The summed E-state index contributed by atoms with van der Waals surface area (Å²) in [6.45, 7) is 0. The summed E-state index contributed by atoms with van der Waals surface area (Å²) >= 11 is 0. The Morgan fingerprint density at radius 1 is 1.29 bits per heavy atom. The highest BCUT2D eigenvalue weighted by Crippen LogP contribution is 2.30. The molecule has 0 radical (unpaired) electrons. The predicted molar refractivity (Wildman–Crippen MR) is 57.3 cm³/mol. The second-order valence-corrected chi connectivity index (χ2v) is 3.34. The Morgan fingerprint density at radius 3 is 2.88 bits per heavy atom. The number of nitrogens with one attached hydrogen (secondary N) is 1. The van der Waals surface area contributed by atoms with E-state index < -0.39 is 5.63 Å². The van der Waals surface area contributed by atoms with E-state index in [0.717, 1.165) is 0 Å². The fourth-order valence-electron chi connectivity index (χ4n) is 1.60. The lowest BCUT2D eigenvalue weighted by molar-refractivity contribution is 0.470. The smallest absolute Gasteiger partial charge is 0.351 e. The second kappa shape index (κ2) is 3.41. The summed E-state index contributed by atoms with van der Waals surface area (Å²) in [4.78, 5) is 11.7. The normalized spacial score (nSPS) is 10.8. The monoisotopic (exact) mass is 230 g/mol. The first-order valence-electron chi connectivity index (χ1n) is 4.76. The van der Waals surface area contributed by atoms with Crippen molar-refractivity contribution >= 4 is 11.0 Å². The molecule has 0 aliphatic rings. The molecule has 0 bridgehead atoms. The molecule has 7 heteroatoms. The largest absolute Gasteiger partial charge is 0.506 e. The van der Waals surface area contributed by atoms with Crippen LogP contribution in [0.5, 0.6) is 5.75 Å². The Labute approximate surface area is 93.7 Å². The maximum Gasteiger partial charge on any atom is 0.351 e. The average molecular weight is 230 g/mol. The molecule has 3 aromatic rings. The minimum atomic E-state index is -0.706. The zero-order valence-corrected chi connectivity index (χ0v) is 8.41. The maximum absolute atomic E-state index is 11.7. The summed E-state index contributed by atoms with van der Waals surface area (Å²) in [6.07, 6.45) is 0. The Balaban J connectivity index is 2.44. The van der Waals surface area contributed by atoms with Crippen LogP contribution in [0.15, 0.2) is 33.5 Å². The number of nitrogens with zero attached hydrogens (tertiary/aromatic N) is 3. The highest BCUT2D eigenvalue weighted by atomic mass is 16.4. The molecule has 3 rings (SSSR count). The minimum Gasteiger partial charge on any atom is -0.506 e. The molecule has 0 unspecified atom stereocenters. The van der Waals surface area contributed by atoms with Crippen molar-refractivity contribution in [3.05, 3.63) is 34.7 Å². The van der Waals surface area contributed by atoms with Gasteiger partial charge in [-0.05, 0) is 17.3 Å². The van der Waals surface area contributed by atoms with Gasteiger partial charge in [0.25, 0.3) is 0 Å². The van der Waals surface area contributed by atoms with Crippen molar-refractivity contribution in [2.24, 2.45) is 0 Å². The molecule has 0 saturated carbocycles. The standard InChI is InChI=1S/C10H6N4O3/c15-8-5-3-1-2-4-6(5)17-10(16)7(8)9-11-13-14-12-9/h1-4,15H,(H,11,12,13,14). The van der Waals surface area contributed by atoms with Gasteiger partial charge in [0.05, 0.1) is 5.39 Å². The quantitative estimate of drug-likeness (QED) is 0.595. The third-order valence-electron chi connectivity index (χ3n) is 2.35. The third-order valence-corrected chi connectivity index (χ3v) is 2.35. The number of hydrogen-bond donors (Lipinski definition) is 2. The first-order valence-corrected chi connectivity index (χ1v) is 4.76. The van der Waals surface area contributed by atoms with E-state index >= 15 is 0 Å². The molecule has 2 heterocycles. The lowest BCUT2D eigenvalue weighted by Gasteiger charge is -2.02. The van der Waals surface area contributed by atoms with Gasteiger partial charge >= 0.3 is 5.63 Å². The number of fused-ring (bicyclic) bond motifs is 1. The molecular weight excluding hydrogens is 224 g/mol. The highest BCUT2D eigenvalue weighted by molar-refractivity contribution is 5.88. The Hall–Kier alpha value is -2.70. The number of benzene rings is 1. The van der Waals surface area contributed by atoms with Crippen molar-refractivity contribution in [1.29, 1.82) is 0 Å². The van der Waals surface area contributed by atoms with E-state index in [4.69, 9.17) is 4.42 Å². The summed E-state index contributed by atoms with van der Waals surface area (Å²) < 4.78 is 5.06. The molecule has 0 amide bonds. The van der Waals surface area contributed by atoms with Gasteiger partial charge in [0.2, 0.25) is 5.82 Å². The molecule has 84 valence electrons. The van der Waals surface area contributed by atoms with E-state index in [1.807, 2.05) is 0 Å². The molecular formula is C10H6N4O3. The fraction of sp³-hybridized carbons (Fsp3) is 0. The zero-order chi connectivity index (χ0) is 11.8. The SMILES string of the molecule is O=c1oc2ccccc2c(O)c1-c1nn[nH]n1. The number of hydrogen-bond acceptors (Lipinski definition) is 6. The molecule has 0 spiro atoms. The first kappa shape index (κ1) is 9.52. The fourth-order valence-corrected chi connectivity index (χ4v) is 1.60. The summed E-state index contributed by atoms with van der Waals surface area (Å²) in [5.74, 6) is -0.208. The Kier molecular flexibility index (Phi) is 1.91. The van der Waals surface area contributed by atoms with E-state index in [1.54, 1.807) is 24.3 Å². The summed E-state index contributed by atoms with van der Waals surface area (Å²) in [5, 5.41) is 23.3. The van der Waals surface area contributed by atoms with Crippen LogP contribution in [0.4, 0.5) is 0 Å². The number of H-pyrrole nitrogens is 1. The van der Waals surface area contributed by atoms with Crippen molar-refractivity contribution in [1.82, 2.24) is 20.6 Å². The first-order chi connectivity index (χ1) is 8.27. The predicted octanol–water partition coefficient (Wildman–Crippen LogP) is 0.679. The van der Waals surface area contributed by atoms with Crippen LogP contribution in [0.2, 0.25) is 0 Å². The van der Waals surface area contributed by atoms with Crippen LogP contribution in [0.1, 0.15) is 0 Å². The molecule has 0 atom stereocenters. The van der Waals surface area contributed by atoms with Crippen LogP contribution in [0.3, 0.4) is 0 Å². The molecule has 2 N–H and O–H groups in total. The van der Waals surface area contributed by atoms with Gasteiger partial charge in [-0.2, -0.15) is 5.21 Å². The summed E-state index contributed by atoms with van der Waals surface area (Å²) in [7, 11) is 0. The van der Waals surface area contributed by atoms with Crippen molar-refractivity contribution in [2.75, 3.05) is 0 Å². The van der Waals surface area contributed by atoms with Gasteiger partial charge in [0.1, 0.15) is 11.3 Å². The van der Waals surface area contributed by atoms with Crippen molar-refractivity contribution in [3.63, 3.8) is 0 Å². The van der Waals surface area contributed by atoms with Crippen LogP contribution in [0, 0.1) is 0 Å². The van der Waals surface area contributed by atoms with Gasteiger partial charge < -0.3 is 9.52 Å². The molecule has 0 saturated heterocycles. The highest BCUT2D eigenvalue weighted by Gasteiger charge is 2.18. The third kappa shape index (κ3) is 1.36. The molecule has 0 aliphatic carbocycles. The van der Waals surface area contributed by atoms with Crippen LogP contribution in [-0.4, -0.2) is 25.7 Å². The van der Waals surface area contributed by atoms with Gasteiger partial charge in [-0.3, -0.25) is 0 Å². The topological polar surface area (TPSA) is 105 Å². The molecule has 0 fully saturated rings. The Bertz CT molecular complexity index is 733. The lowest BCUT2D eigenvalue weighted by atomic mass is 10.1. The van der Waals surface area contributed by atoms with Crippen LogP contribution < -0.4 is 5.63 Å². The Morgan fingerprint density at radius 2 is 2.12 bits per heavy atom. The average Bonchev–Trinajstić information content (AvgIpc) is 2.83. The number of tetrazole rings is 1. The minimum absolute atomic E-state index is 0.00185. The zero-order valence-electron chi connectivity index (χ0n) is 8.41. The van der Waals surface area contributed by atoms with Gasteiger partial charge in [-0.15, -0.1) is 10.2 Å². The van der Waals surface area contributed by atoms with E-state index in [2.05, 4.69) is 20.6 Å². The van der Waals surface area contributed by atoms with E-state index in [1.165, 1.54) is 0 Å². The number of aromatic hydroxyl groups is 1. The molecule has 17 heavy (non-hydrogen) atoms. The van der Waals surface area contributed by atoms with Crippen molar-refractivity contribution in [3.8, 4) is 17.1 Å².